The van der Waals surface area contributed by atoms with E-state index >= 15 is 0 Å². The van der Waals surface area contributed by atoms with Crippen LogP contribution in [-0.2, 0) is 9.59 Å². The Hall–Kier alpha value is -2.10. The lowest BCUT2D eigenvalue weighted by molar-refractivity contribution is -0.137. The van der Waals surface area contributed by atoms with Crippen LogP contribution in [0.25, 0.3) is 0 Å². The first-order valence-corrected chi connectivity index (χ1v) is 8.98. The number of hydrogen-bond acceptors (Lipinski definition) is 2. The Kier molecular flexibility index (Phi) is 9.71. The zero-order chi connectivity index (χ0) is 26.3. The van der Waals surface area contributed by atoms with Crippen molar-refractivity contribution in [2.45, 2.75) is 71.1 Å². The second-order valence-corrected chi connectivity index (χ2v) is 5.43. The molecule has 0 aromatic rings. The van der Waals surface area contributed by atoms with Crippen LogP contribution in [0.15, 0.2) is 48.4 Å². The van der Waals surface area contributed by atoms with E-state index in [0.717, 1.165) is 19.3 Å². The van der Waals surface area contributed by atoms with Crippen LogP contribution >= 0.6 is 0 Å². The summed E-state index contributed by atoms with van der Waals surface area (Å²) < 4.78 is 63.5. The molecule has 146 valence electrons. The molecule has 0 aliphatic carbocycles. The molecular weight excluding hydrogens is 326 g/mol. The van der Waals surface area contributed by atoms with Crippen molar-refractivity contribution in [3.63, 3.8) is 0 Å². The van der Waals surface area contributed by atoms with Gasteiger partial charge in [-0.3, -0.25) is 9.59 Å². The van der Waals surface area contributed by atoms with E-state index in [1.165, 1.54) is 0 Å². The van der Waals surface area contributed by atoms with Crippen molar-refractivity contribution in [3.8, 4) is 0 Å². The van der Waals surface area contributed by atoms with E-state index < -0.39 is 18.4 Å². The summed E-state index contributed by atoms with van der Waals surface area (Å²) in [6.07, 6.45) is 2.75. The number of carboxylic acid groups (broad SMARTS) is 1. The first-order chi connectivity index (χ1) is 15.9. The molecule has 0 unspecified atom stereocenters. The predicted octanol–water partition coefficient (Wildman–Crippen LogP) is 5.33. The summed E-state index contributed by atoms with van der Waals surface area (Å²) in [6.45, 7) is 1.55. The third-order valence-corrected chi connectivity index (χ3v) is 3.08. The van der Waals surface area contributed by atoms with Crippen molar-refractivity contribution in [2.75, 3.05) is 6.54 Å². The Bertz CT molecular complexity index is 834. The van der Waals surface area contributed by atoms with E-state index in [4.69, 9.17) is 16.1 Å². The summed E-state index contributed by atoms with van der Waals surface area (Å²) >= 11 is 0. The molecule has 0 aliphatic rings. The third-order valence-electron chi connectivity index (χ3n) is 3.08. The van der Waals surface area contributed by atoms with Crippen molar-refractivity contribution >= 4 is 11.9 Å². The second kappa shape index (κ2) is 19.2. The van der Waals surface area contributed by atoms with E-state index in [1.54, 1.807) is 0 Å². The predicted molar refractivity (Wildman–Crippen MR) is 109 cm³/mol. The number of aliphatic carboxylic acids is 1. The van der Waals surface area contributed by atoms with Gasteiger partial charge in [-0.05, 0) is 44.9 Å². The van der Waals surface area contributed by atoms with Gasteiger partial charge in [-0.25, -0.2) is 0 Å². The van der Waals surface area contributed by atoms with Gasteiger partial charge in [-0.1, -0.05) is 68.2 Å². The molecule has 0 saturated carbocycles. The van der Waals surface area contributed by atoms with Crippen LogP contribution in [0, 0.1) is 0 Å². The lowest BCUT2D eigenvalue weighted by atomic mass is 10.2. The molecule has 2 N–H and O–H groups in total. The van der Waals surface area contributed by atoms with Gasteiger partial charge in [0.1, 0.15) is 6.54 Å². The van der Waals surface area contributed by atoms with Crippen LogP contribution < -0.4 is 5.32 Å². The molecule has 4 nitrogen and oxygen atoms in total. The zero-order valence-electron chi connectivity index (χ0n) is 23.5. The first kappa shape index (κ1) is 13.1. The van der Waals surface area contributed by atoms with Crippen molar-refractivity contribution in [2.24, 2.45) is 0 Å². The Balaban J connectivity index is 4.91. The van der Waals surface area contributed by atoms with Crippen molar-refractivity contribution in [1.82, 2.24) is 5.32 Å². The van der Waals surface area contributed by atoms with Gasteiger partial charge in [0.05, 0.1) is 11.0 Å². The summed E-state index contributed by atoms with van der Waals surface area (Å²) in [7, 11) is 0. The molecule has 0 atom stereocenters. The van der Waals surface area contributed by atoms with Gasteiger partial charge >= 0.3 is 5.97 Å². The molecule has 0 saturated heterocycles. The second-order valence-electron chi connectivity index (χ2n) is 5.43. The van der Waals surface area contributed by atoms with Gasteiger partial charge in [0.25, 0.3) is 0 Å². The minimum absolute atomic E-state index is 0.000549. The molecule has 0 aliphatic heterocycles. The highest BCUT2D eigenvalue weighted by molar-refractivity contribution is 5.80. The molecule has 0 spiro atoms. The maximum absolute atomic E-state index is 11.5. The number of unbranched alkanes of at least 4 members (excludes halogenated alkanes) is 2. The molecular formula is C22H35NO3. The Morgan fingerprint density at radius 2 is 1.35 bits per heavy atom. The van der Waals surface area contributed by atoms with E-state index in [-0.39, 0.29) is 86.9 Å². The topological polar surface area (TPSA) is 66.4 Å². The minimum atomic E-state index is -1.16. The summed E-state index contributed by atoms with van der Waals surface area (Å²) in [5.74, 6) is -1.63. The van der Waals surface area contributed by atoms with Crippen LogP contribution in [0.2, 0.25) is 0 Å². The number of amides is 1. The smallest absolute Gasteiger partial charge is 0.322 e. The first-order valence-electron chi connectivity index (χ1n) is 13.0. The summed E-state index contributed by atoms with van der Waals surface area (Å²) in [5, 5.41) is 10.7. The lowest BCUT2D eigenvalue weighted by Crippen LogP contribution is -2.28. The van der Waals surface area contributed by atoms with Gasteiger partial charge in [0.15, 0.2) is 0 Å². The normalized spacial score (nSPS) is 19.4. The van der Waals surface area contributed by atoms with Gasteiger partial charge in [-0.15, -0.1) is 0 Å². The van der Waals surface area contributed by atoms with Crippen molar-refractivity contribution in [1.29, 1.82) is 0 Å². The fraction of sp³-hybridized carbons (Fsp3) is 0.545. The fourth-order valence-electron chi connectivity index (χ4n) is 1.75. The van der Waals surface area contributed by atoms with Gasteiger partial charge in [0.2, 0.25) is 5.91 Å². The molecule has 0 heterocycles. The number of nitrogens with one attached hydrogen (secondary N) is 1. The van der Waals surface area contributed by atoms with Crippen molar-refractivity contribution in [3.05, 3.63) is 48.4 Å². The number of rotatable bonds is 16. The maximum Gasteiger partial charge on any atom is 0.322 e. The standard InChI is InChI=1S/C22H35NO3/c1-2-3-4-5-6-7-8-9-10-11-12-13-14-15-16-17-18-19-21(24)23-20-22(25)26/h6-7,9-10,12-13,15-16H,2-5,8,11,14,17-20H2,1H3,(H,23,24)(H,25,26)/b7-6-,10-9-,13-12-,16-15?/i6D,7D,9D,10D,12D,13D,15D,16D. The monoisotopic (exact) mass is 369 g/mol. The summed E-state index contributed by atoms with van der Waals surface area (Å²) in [4.78, 5) is 21.9. The quantitative estimate of drug-likeness (QED) is 0.285. The molecule has 0 aromatic carbocycles. The van der Waals surface area contributed by atoms with Crippen LogP contribution in [-0.4, -0.2) is 23.5 Å². The van der Waals surface area contributed by atoms with E-state index in [1.807, 2.05) is 6.92 Å². The third kappa shape index (κ3) is 19.9. The highest BCUT2D eigenvalue weighted by atomic mass is 16.4. The summed E-state index contributed by atoms with van der Waals surface area (Å²) in [5.41, 5.74) is 0. The van der Waals surface area contributed by atoms with E-state index in [0.29, 0.717) is 6.42 Å². The zero-order valence-corrected chi connectivity index (χ0v) is 15.5. The molecule has 0 aromatic heterocycles. The number of carbonyl (C=O) groups is 2. The minimum Gasteiger partial charge on any atom is -0.480 e. The highest BCUT2D eigenvalue weighted by Crippen LogP contribution is 2.01. The van der Waals surface area contributed by atoms with Crippen LogP contribution in [0.4, 0.5) is 0 Å². The van der Waals surface area contributed by atoms with Crippen LogP contribution in [0.3, 0.4) is 0 Å². The molecule has 4 heteroatoms. The van der Waals surface area contributed by atoms with Gasteiger partial charge in [-0.2, -0.15) is 0 Å². The largest absolute Gasteiger partial charge is 0.480 e. The van der Waals surface area contributed by atoms with Crippen LogP contribution in [0.5, 0.6) is 0 Å². The average molecular weight is 370 g/mol. The number of carbonyl (C=O) groups excluding carboxylic acids is 1. The summed E-state index contributed by atoms with van der Waals surface area (Å²) in [6, 6.07) is -1.11. The molecule has 0 bridgehead atoms. The fourth-order valence-corrected chi connectivity index (χ4v) is 1.75. The molecule has 0 fully saturated rings. The molecule has 1 amide bonds. The molecule has 26 heavy (non-hydrogen) atoms. The number of hydrogen-bond donors (Lipinski definition) is 2. The molecule has 0 radical (unpaired) electrons. The van der Waals surface area contributed by atoms with Gasteiger partial charge < -0.3 is 10.4 Å². The number of carboxylic acids is 1. The number of allylic oxidation sites excluding steroid dienone is 8. The van der Waals surface area contributed by atoms with E-state index in [2.05, 4.69) is 5.32 Å². The Morgan fingerprint density at radius 1 is 0.846 bits per heavy atom. The lowest BCUT2D eigenvalue weighted by Gasteiger charge is -2.00. The van der Waals surface area contributed by atoms with Crippen molar-refractivity contribution < 1.29 is 25.7 Å². The molecule has 0 rings (SSSR count). The Morgan fingerprint density at radius 3 is 1.85 bits per heavy atom. The SMILES string of the molecule is [2H]C(CCCC(=O)NCC(=O)O)=C([2H])C/C([2H])=C(/[2H])C/C([2H])=C(/[2H])C/C([2H])=C(/[2H])CCCCC. The van der Waals surface area contributed by atoms with Crippen LogP contribution in [0.1, 0.15) is 82.1 Å². The Labute approximate surface area is 170 Å². The average Bonchev–Trinajstić information content (AvgIpc) is 2.77. The van der Waals surface area contributed by atoms with E-state index in [9.17, 15) is 9.59 Å². The highest BCUT2D eigenvalue weighted by Gasteiger charge is 2.02. The van der Waals surface area contributed by atoms with Gasteiger partial charge in [0, 0.05) is 6.42 Å². The maximum atomic E-state index is 11.5.